The third kappa shape index (κ3) is 5.40. The molecule has 0 unspecified atom stereocenters. The molecule has 2 heterocycles. The average molecular weight is 488 g/mol. The van der Waals surface area contributed by atoms with Gasteiger partial charge in [0.05, 0.1) is 22.2 Å². The second kappa shape index (κ2) is 9.16. The number of anilines is 2. The first-order valence-corrected chi connectivity index (χ1v) is 11.0. The third-order valence-electron chi connectivity index (χ3n) is 3.57. The molecule has 0 fully saturated rings. The van der Waals surface area contributed by atoms with E-state index < -0.39 is 0 Å². The zero-order valence-corrected chi connectivity index (χ0v) is 18.0. The van der Waals surface area contributed by atoms with Crippen molar-refractivity contribution < 1.29 is 4.79 Å². The summed E-state index contributed by atoms with van der Waals surface area (Å²) in [4.78, 5) is 20.8. The van der Waals surface area contributed by atoms with Crippen LogP contribution in [0, 0.1) is 0 Å². The quantitative estimate of drug-likeness (QED) is 0.203. The van der Waals surface area contributed by atoms with Crippen molar-refractivity contribution in [2.24, 2.45) is 5.10 Å². The number of amides is 1. The van der Waals surface area contributed by atoms with Crippen LogP contribution in [0.15, 0.2) is 63.3 Å². The van der Waals surface area contributed by atoms with Crippen LogP contribution in [-0.4, -0.2) is 38.0 Å². The standard InChI is InChI=1S/C18H14BrN7OS2/c19-12-5-3-4-11(8-12)9-20-24-16-23-18(26-25-16)28-10-15(27)22-17-21-13-6-1-2-7-14(13)29-17/h1-9H,10H2,(H,21,22,27)(H2,23,24,25,26)/b20-9-. The zero-order chi connectivity index (χ0) is 20.1. The number of benzene rings is 2. The Labute approximate surface area is 182 Å². The molecule has 146 valence electrons. The van der Waals surface area contributed by atoms with Crippen molar-refractivity contribution in [2.45, 2.75) is 5.16 Å². The Balaban J connectivity index is 1.27. The highest BCUT2D eigenvalue weighted by atomic mass is 79.9. The summed E-state index contributed by atoms with van der Waals surface area (Å²) in [6.45, 7) is 0. The summed E-state index contributed by atoms with van der Waals surface area (Å²) in [5.41, 5.74) is 4.58. The van der Waals surface area contributed by atoms with E-state index in [-0.39, 0.29) is 11.7 Å². The number of thioether (sulfide) groups is 1. The summed E-state index contributed by atoms with van der Waals surface area (Å²) >= 11 is 6.07. The molecule has 4 aromatic rings. The maximum atomic E-state index is 12.2. The number of H-pyrrole nitrogens is 1. The molecule has 11 heteroatoms. The number of aromatic amines is 1. The Bertz CT molecular complexity index is 1140. The minimum absolute atomic E-state index is 0.166. The van der Waals surface area contributed by atoms with Crippen molar-refractivity contribution in [3.63, 3.8) is 0 Å². The van der Waals surface area contributed by atoms with E-state index in [0.717, 1.165) is 20.3 Å². The number of hydrogen-bond acceptors (Lipinski definition) is 8. The first-order chi connectivity index (χ1) is 14.2. The number of carbonyl (C=O) groups excluding carboxylic acids is 1. The number of carbonyl (C=O) groups is 1. The lowest BCUT2D eigenvalue weighted by Gasteiger charge is -1.98. The van der Waals surface area contributed by atoms with Gasteiger partial charge < -0.3 is 5.32 Å². The van der Waals surface area contributed by atoms with E-state index in [0.29, 0.717) is 16.2 Å². The molecule has 1 amide bonds. The smallest absolute Gasteiger partial charge is 0.240 e. The van der Waals surface area contributed by atoms with E-state index in [2.05, 4.69) is 51.9 Å². The number of aromatic nitrogens is 4. The fourth-order valence-corrected chi connectivity index (χ4v) is 4.22. The van der Waals surface area contributed by atoms with Crippen LogP contribution in [0.5, 0.6) is 0 Å². The van der Waals surface area contributed by atoms with E-state index in [4.69, 9.17) is 0 Å². The summed E-state index contributed by atoms with van der Waals surface area (Å²) in [6.07, 6.45) is 1.67. The molecule has 0 atom stereocenters. The van der Waals surface area contributed by atoms with Crippen LogP contribution in [0.2, 0.25) is 0 Å². The summed E-state index contributed by atoms with van der Waals surface area (Å²) in [6, 6.07) is 15.5. The number of rotatable bonds is 7. The summed E-state index contributed by atoms with van der Waals surface area (Å²) in [5.74, 6) is 0.403. The number of nitrogens with zero attached hydrogens (tertiary/aromatic N) is 4. The molecule has 0 spiro atoms. The number of fused-ring (bicyclic) bond motifs is 1. The largest absolute Gasteiger partial charge is 0.301 e. The van der Waals surface area contributed by atoms with Crippen molar-refractivity contribution in [3.05, 3.63) is 58.6 Å². The molecule has 0 saturated carbocycles. The molecule has 8 nitrogen and oxygen atoms in total. The van der Waals surface area contributed by atoms with Gasteiger partial charge >= 0.3 is 0 Å². The van der Waals surface area contributed by atoms with E-state index >= 15 is 0 Å². The molecule has 0 radical (unpaired) electrons. The van der Waals surface area contributed by atoms with E-state index in [1.807, 2.05) is 48.5 Å². The Kier molecular flexibility index (Phi) is 6.17. The van der Waals surface area contributed by atoms with Gasteiger partial charge in [-0.3, -0.25) is 4.79 Å². The van der Waals surface area contributed by atoms with Crippen molar-refractivity contribution in [1.82, 2.24) is 20.2 Å². The molecule has 0 bridgehead atoms. The first-order valence-electron chi connectivity index (χ1n) is 8.41. The highest BCUT2D eigenvalue weighted by Crippen LogP contribution is 2.25. The predicted molar refractivity (Wildman–Crippen MR) is 121 cm³/mol. The molecule has 0 aliphatic rings. The lowest BCUT2D eigenvalue weighted by atomic mass is 10.2. The van der Waals surface area contributed by atoms with Gasteiger partial charge in [0.15, 0.2) is 5.13 Å². The Morgan fingerprint density at radius 2 is 2.14 bits per heavy atom. The van der Waals surface area contributed by atoms with Crippen LogP contribution in [0.3, 0.4) is 0 Å². The summed E-state index contributed by atoms with van der Waals surface area (Å²) < 4.78 is 2.01. The third-order valence-corrected chi connectivity index (χ3v) is 5.86. The van der Waals surface area contributed by atoms with Crippen LogP contribution >= 0.6 is 39.0 Å². The fourth-order valence-electron chi connectivity index (χ4n) is 2.33. The topological polar surface area (TPSA) is 108 Å². The number of thiazole rings is 1. The maximum Gasteiger partial charge on any atom is 0.240 e. The molecule has 2 aromatic heterocycles. The second-order valence-electron chi connectivity index (χ2n) is 5.72. The number of hydrogen-bond donors (Lipinski definition) is 3. The lowest BCUT2D eigenvalue weighted by molar-refractivity contribution is -0.113. The van der Waals surface area contributed by atoms with Gasteiger partial charge in [0.2, 0.25) is 17.0 Å². The molecule has 29 heavy (non-hydrogen) atoms. The van der Waals surface area contributed by atoms with E-state index in [1.54, 1.807) is 6.21 Å². The summed E-state index contributed by atoms with van der Waals surface area (Å²) in [7, 11) is 0. The van der Waals surface area contributed by atoms with Gasteiger partial charge in [-0.15, -0.1) is 5.10 Å². The van der Waals surface area contributed by atoms with Gasteiger partial charge in [-0.2, -0.15) is 10.1 Å². The number of halogens is 1. The number of nitrogens with one attached hydrogen (secondary N) is 3. The van der Waals surface area contributed by atoms with Gasteiger partial charge in [-0.05, 0) is 29.8 Å². The summed E-state index contributed by atoms with van der Waals surface area (Å²) in [5, 5.41) is 14.7. The molecular formula is C18H14BrN7OS2. The van der Waals surface area contributed by atoms with Gasteiger partial charge in [-0.25, -0.2) is 15.5 Å². The van der Waals surface area contributed by atoms with Gasteiger partial charge in [0.25, 0.3) is 0 Å². The molecule has 4 rings (SSSR count). The average Bonchev–Trinajstić information content (AvgIpc) is 3.32. The van der Waals surface area contributed by atoms with Crippen molar-refractivity contribution >= 4 is 72.4 Å². The molecular weight excluding hydrogens is 474 g/mol. The SMILES string of the molecule is O=C(CSc1n[nH]c(N/N=C\c2cccc(Br)c2)n1)Nc1nc2ccccc2s1. The van der Waals surface area contributed by atoms with Crippen LogP contribution in [0.25, 0.3) is 10.2 Å². The van der Waals surface area contributed by atoms with Gasteiger partial charge in [-0.1, -0.05) is 63.3 Å². The van der Waals surface area contributed by atoms with Crippen LogP contribution in [0.1, 0.15) is 5.56 Å². The number of para-hydroxylation sites is 1. The maximum absolute atomic E-state index is 12.2. The normalized spacial score (nSPS) is 11.2. The zero-order valence-electron chi connectivity index (χ0n) is 14.8. The van der Waals surface area contributed by atoms with Gasteiger partial charge in [0.1, 0.15) is 0 Å². The molecule has 0 aliphatic heterocycles. The highest BCUT2D eigenvalue weighted by Gasteiger charge is 2.10. The van der Waals surface area contributed by atoms with Crippen LogP contribution < -0.4 is 10.7 Å². The minimum Gasteiger partial charge on any atom is -0.301 e. The van der Waals surface area contributed by atoms with E-state index in [1.165, 1.54) is 23.1 Å². The lowest BCUT2D eigenvalue weighted by Crippen LogP contribution is -2.13. The minimum atomic E-state index is -0.166. The van der Waals surface area contributed by atoms with Crippen molar-refractivity contribution in [2.75, 3.05) is 16.5 Å². The van der Waals surface area contributed by atoms with Crippen molar-refractivity contribution in [3.8, 4) is 0 Å². The second-order valence-corrected chi connectivity index (χ2v) is 8.60. The van der Waals surface area contributed by atoms with Gasteiger partial charge in [0, 0.05) is 4.47 Å². The molecule has 2 aromatic carbocycles. The predicted octanol–water partition coefficient (Wildman–Crippen LogP) is 4.35. The van der Waals surface area contributed by atoms with Crippen molar-refractivity contribution in [1.29, 1.82) is 0 Å². The Hall–Kier alpha value is -2.76. The highest BCUT2D eigenvalue weighted by molar-refractivity contribution is 9.10. The fraction of sp³-hybridized carbons (Fsp3) is 0.0556. The first kappa shape index (κ1) is 19.6. The molecule has 0 saturated heterocycles. The number of hydrazone groups is 1. The monoisotopic (exact) mass is 487 g/mol. The van der Waals surface area contributed by atoms with Crippen LogP contribution in [-0.2, 0) is 4.79 Å². The Morgan fingerprint density at radius 1 is 1.24 bits per heavy atom. The molecule has 0 aliphatic carbocycles. The van der Waals surface area contributed by atoms with E-state index in [9.17, 15) is 4.79 Å². The molecule has 3 N–H and O–H groups in total. The van der Waals surface area contributed by atoms with Crippen LogP contribution in [0.4, 0.5) is 11.1 Å². The Morgan fingerprint density at radius 3 is 3.00 bits per heavy atom.